The van der Waals surface area contributed by atoms with E-state index >= 15 is 0 Å². The van der Waals surface area contributed by atoms with Crippen molar-refractivity contribution in [1.29, 1.82) is 0 Å². The van der Waals surface area contributed by atoms with Gasteiger partial charge < -0.3 is 4.90 Å². The molecule has 0 atom stereocenters. The van der Waals surface area contributed by atoms with Crippen molar-refractivity contribution in [3.05, 3.63) is 42.0 Å². The zero-order valence-electron chi connectivity index (χ0n) is 16.9. The van der Waals surface area contributed by atoms with E-state index in [1.165, 1.54) is 76.3 Å². The third-order valence-electron chi connectivity index (χ3n) is 6.07. The molecule has 1 aromatic carbocycles. The second kappa shape index (κ2) is 10.1. The number of allylic oxidation sites excluding steroid dienone is 1. The lowest BCUT2D eigenvalue weighted by Crippen LogP contribution is -2.47. The summed E-state index contributed by atoms with van der Waals surface area (Å²) in [5.41, 5.74) is 2.76. The summed E-state index contributed by atoms with van der Waals surface area (Å²) in [4.78, 5) is 7.84. The van der Waals surface area contributed by atoms with Gasteiger partial charge in [-0.3, -0.25) is 9.80 Å². The average molecular weight is 356 g/mol. The van der Waals surface area contributed by atoms with E-state index in [4.69, 9.17) is 0 Å². The van der Waals surface area contributed by atoms with Crippen molar-refractivity contribution in [2.24, 2.45) is 5.92 Å². The van der Waals surface area contributed by atoms with Gasteiger partial charge in [0.2, 0.25) is 0 Å². The molecule has 26 heavy (non-hydrogen) atoms. The van der Waals surface area contributed by atoms with Gasteiger partial charge in [0.25, 0.3) is 0 Å². The van der Waals surface area contributed by atoms with Gasteiger partial charge in [-0.15, -0.1) is 0 Å². The molecule has 0 amide bonds. The molecule has 3 rings (SSSR count). The summed E-state index contributed by atoms with van der Waals surface area (Å²) in [5, 5.41) is 0. The highest BCUT2D eigenvalue weighted by molar-refractivity contribution is 5.48. The number of hydrogen-bond acceptors (Lipinski definition) is 3. The third kappa shape index (κ3) is 5.85. The molecule has 0 radical (unpaired) electrons. The molecule has 3 nitrogen and oxygen atoms in total. The van der Waals surface area contributed by atoms with Crippen molar-refractivity contribution in [2.45, 2.75) is 39.5 Å². The van der Waals surface area contributed by atoms with Gasteiger partial charge in [0.05, 0.1) is 0 Å². The Labute approximate surface area is 160 Å². The Morgan fingerprint density at radius 1 is 0.962 bits per heavy atom. The van der Waals surface area contributed by atoms with Gasteiger partial charge >= 0.3 is 0 Å². The van der Waals surface area contributed by atoms with Gasteiger partial charge in [-0.25, -0.2) is 0 Å². The summed E-state index contributed by atoms with van der Waals surface area (Å²) in [6.45, 7) is 14.2. The van der Waals surface area contributed by atoms with Gasteiger partial charge in [0.15, 0.2) is 0 Å². The minimum atomic E-state index is 0.941. The first kappa shape index (κ1) is 19.4. The lowest BCUT2D eigenvalue weighted by Gasteiger charge is -2.37. The Hall–Kier alpha value is -1.32. The summed E-state index contributed by atoms with van der Waals surface area (Å²) in [6, 6.07) is 8.94. The molecule has 144 valence electrons. The van der Waals surface area contributed by atoms with E-state index in [2.05, 4.69) is 65.0 Å². The third-order valence-corrected chi connectivity index (χ3v) is 6.07. The lowest BCUT2D eigenvalue weighted by molar-refractivity contribution is 0.172. The normalized spacial score (nSPS) is 20.9. The van der Waals surface area contributed by atoms with E-state index in [-0.39, 0.29) is 0 Å². The van der Waals surface area contributed by atoms with E-state index in [9.17, 15) is 0 Å². The van der Waals surface area contributed by atoms with Crippen LogP contribution in [0.15, 0.2) is 36.4 Å². The van der Waals surface area contributed by atoms with Crippen LogP contribution in [-0.4, -0.2) is 62.2 Å². The van der Waals surface area contributed by atoms with E-state index in [1.54, 1.807) is 0 Å². The van der Waals surface area contributed by atoms with E-state index in [0.717, 1.165) is 18.9 Å². The molecule has 0 bridgehead atoms. The van der Waals surface area contributed by atoms with Crippen LogP contribution in [0.5, 0.6) is 0 Å². The number of rotatable bonds is 7. The van der Waals surface area contributed by atoms with Gasteiger partial charge in [-0.1, -0.05) is 31.2 Å². The van der Waals surface area contributed by atoms with Crippen LogP contribution in [0.25, 0.3) is 0 Å². The quantitative estimate of drug-likeness (QED) is 0.679. The molecule has 2 saturated heterocycles. The molecule has 2 fully saturated rings. The van der Waals surface area contributed by atoms with Crippen LogP contribution >= 0.6 is 0 Å². The van der Waals surface area contributed by atoms with Crippen LogP contribution in [-0.2, 0) is 0 Å². The first-order chi connectivity index (χ1) is 12.7. The molecule has 2 heterocycles. The highest BCUT2D eigenvalue weighted by atomic mass is 15.3. The van der Waals surface area contributed by atoms with Crippen LogP contribution in [0.4, 0.5) is 5.69 Å². The molecule has 0 saturated carbocycles. The molecule has 0 N–H and O–H groups in total. The van der Waals surface area contributed by atoms with Crippen molar-refractivity contribution < 1.29 is 0 Å². The lowest BCUT2D eigenvalue weighted by atomic mass is 9.93. The van der Waals surface area contributed by atoms with Crippen molar-refractivity contribution >= 4 is 5.69 Å². The van der Waals surface area contributed by atoms with Crippen molar-refractivity contribution in [3.63, 3.8) is 0 Å². The molecular weight excluding hydrogens is 318 g/mol. The zero-order chi connectivity index (χ0) is 18.2. The van der Waals surface area contributed by atoms with Crippen molar-refractivity contribution in [1.82, 2.24) is 9.80 Å². The van der Waals surface area contributed by atoms with Crippen LogP contribution in [0.2, 0.25) is 0 Å². The minimum absolute atomic E-state index is 0.941. The van der Waals surface area contributed by atoms with Crippen LogP contribution in [0, 0.1) is 12.8 Å². The molecule has 0 aromatic heterocycles. The fourth-order valence-electron chi connectivity index (χ4n) is 4.27. The van der Waals surface area contributed by atoms with E-state index < -0.39 is 0 Å². The number of piperidine rings is 1. The topological polar surface area (TPSA) is 9.72 Å². The SMILES string of the molecule is CCC=CCN1CCC(CCN2CCN(c3cccc(C)c3)CC2)CC1. The largest absolute Gasteiger partial charge is 0.369 e. The van der Waals surface area contributed by atoms with Gasteiger partial charge in [-0.2, -0.15) is 0 Å². The van der Waals surface area contributed by atoms with Crippen LogP contribution in [0.1, 0.15) is 38.2 Å². The first-order valence-corrected chi connectivity index (χ1v) is 10.7. The standard InChI is InChI=1S/C23H37N3/c1-3-4-5-12-24-13-9-22(10-14-24)11-15-25-16-18-26(19-17-25)23-8-6-7-21(2)20-23/h4-8,20,22H,3,9-19H2,1-2H3. The minimum Gasteiger partial charge on any atom is -0.369 e. The number of benzene rings is 1. The number of likely N-dealkylation sites (tertiary alicyclic amines) is 1. The summed E-state index contributed by atoms with van der Waals surface area (Å²) >= 11 is 0. The molecule has 1 aromatic rings. The average Bonchev–Trinajstić information content (AvgIpc) is 2.68. The van der Waals surface area contributed by atoms with Gasteiger partial charge in [0, 0.05) is 38.4 Å². The summed E-state index contributed by atoms with van der Waals surface area (Å²) < 4.78 is 0. The predicted octanol–water partition coefficient (Wildman–Crippen LogP) is 4.19. The highest BCUT2D eigenvalue weighted by Crippen LogP contribution is 2.22. The Morgan fingerprint density at radius 2 is 1.73 bits per heavy atom. The molecule has 0 spiro atoms. The molecule has 0 aliphatic carbocycles. The molecule has 2 aliphatic rings. The highest BCUT2D eigenvalue weighted by Gasteiger charge is 2.21. The maximum absolute atomic E-state index is 2.68. The van der Waals surface area contributed by atoms with E-state index in [1.807, 2.05) is 0 Å². The summed E-state index contributed by atoms with van der Waals surface area (Å²) in [6.07, 6.45) is 9.97. The molecule has 2 aliphatic heterocycles. The predicted molar refractivity (Wildman–Crippen MR) is 113 cm³/mol. The smallest absolute Gasteiger partial charge is 0.0369 e. The summed E-state index contributed by atoms with van der Waals surface area (Å²) in [7, 11) is 0. The van der Waals surface area contributed by atoms with Crippen molar-refractivity contribution in [2.75, 3.05) is 57.3 Å². The second-order valence-electron chi connectivity index (χ2n) is 8.08. The number of nitrogens with zero attached hydrogens (tertiary/aromatic N) is 3. The molecule has 3 heteroatoms. The Kier molecular flexibility index (Phi) is 7.57. The van der Waals surface area contributed by atoms with E-state index in [0.29, 0.717) is 0 Å². The Balaban J connectivity index is 1.33. The number of aryl methyl sites for hydroxylation is 1. The maximum atomic E-state index is 2.68. The van der Waals surface area contributed by atoms with Crippen molar-refractivity contribution in [3.8, 4) is 0 Å². The number of anilines is 1. The van der Waals surface area contributed by atoms with Crippen LogP contribution in [0.3, 0.4) is 0 Å². The fourth-order valence-corrected chi connectivity index (χ4v) is 4.27. The number of hydrogen-bond donors (Lipinski definition) is 0. The number of piperazine rings is 1. The fraction of sp³-hybridized carbons (Fsp3) is 0.652. The zero-order valence-corrected chi connectivity index (χ0v) is 16.9. The molecular formula is C23H37N3. The Bertz CT molecular complexity index is 552. The monoisotopic (exact) mass is 355 g/mol. The first-order valence-electron chi connectivity index (χ1n) is 10.7. The van der Waals surface area contributed by atoms with Crippen LogP contribution < -0.4 is 4.90 Å². The summed E-state index contributed by atoms with van der Waals surface area (Å²) in [5.74, 6) is 0.941. The Morgan fingerprint density at radius 3 is 2.42 bits per heavy atom. The van der Waals surface area contributed by atoms with Gasteiger partial charge in [0.1, 0.15) is 0 Å². The maximum Gasteiger partial charge on any atom is 0.0369 e. The van der Waals surface area contributed by atoms with Gasteiger partial charge in [-0.05, 0) is 75.9 Å². The molecule has 0 unspecified atom stereocenters. The second-order valence-corrected chi connectivity index (χ2v) is 8.08.